The van der Waals surface area contributed by atoms with E-state index < -0.39 is 0 Å². The lowest BCUT2D eigenvalue weighted by Gasteiger charge is -2.07. The van der Waals surface area contributed by atoms with Crippen LogP contribution in [0, 0.1) is 11.3 Å². The maximum Gasteiger partial charge on any atom is 0.176 e. The van der Waals surface area contributed by atoms with Gasteiger partial charge in [0.15, 0.2) is 11.5 Å². The minimum absolute atomic E-state index is 0.0654. The van der Waals surface area contributed by atoms with Crippen LogP contribution in [0.5, 0.6) is 11.5 Å². The van der Waals surface area contributed by atoms with E-state index in [-0.39, 0.29) is 5.75 Å². The highest BCUT2D eigenvalue weighted by Gasteiger charge is 2.10. The lowest BCUT2D eigenvalue weighted by molar-refractivity contribution is 0.372. The number of hydrogen-bond donors (Lipinski definition) is 1. The van der Waals surface area contributed by atoms with Crippen LogP contribution in [0.4, 0.5) is 0 Å². The summed E-state index contributed by atoms with van der Waals surface area (Å²) in [5, 5.41) is 18.3. The van der Waals surface area contributed by atoms with Crippen LogP contribution in [0.25, 0.3) is 0 Å². The largest absolute Gasteiger partial charge is 0.503 e. The SMILES string of the molecule is CCc1ccc(OC)c(O)c1C#N. The quantitative estimate of drug-likeness (QED) is 0.749. The van der Waals surface area contributed by atoms with Crippen LogP contribution >= 0.6 is 0 Å². The lowest BCUT2D eigenvalue weighted by Crippen LogP contribution is -1.91. The Balaban J connectivity index is 3.34. The third kappa shape index (κ3) is 1.57. The minimum atomic E-state index is -0.0654. The number of methoxy groups -OCH3 is 1. The maximum atomic E-state index is 9.55. The van der Waals surface area contributed by atoms with Crippen molar-refractivity contribution in [2.45, 2.75) is 13.3 Å². The molecule has 0 aliphatic heterocycles. The van der Waals surface area contributed by atoms with Gasteiger partial charge in [0.2, 0.25) is 0 Å². The van der Waals surface area contributed by atoms with E-state index in [1.807, 2.05) is 13.0 Å². The first-order valence-electron chi connectivity index (χ1n) is 4.03. The predicted octanol–water partition coefficient (Wildman–Crippen LogP) is 1.83. The van der Waals surface area contributed by atoms with Crippen molar-refractivity contribution in [3.63, 3.8) is 0 Å². The third-order valence-electron chi connectivity index (χ3n) is 1.94. The number of rotatable bonds is 2. The van der Waals surface area contributed by atoms with Gasteiger partial charge >= 0.3 is 0 Å². The van der Waals surface area contributed by atoms with E-state index in [2.05, 4.69) is 0 Å². The number of phenols is 1. The van der Waals surface area contributed by atoms with Gasteiger partial charge in [-0.1, -0.05) is 13.0 Å². The zero-order valence-corrected chi connectivity index (χ0v) is 7.66. The number of nitrogens with zero attached hydrogens (tertiary/aromatic N) is 1. The Labute approximate surface area is 77.2 Å². The van der Waals surface area contributed by atoms with Crippen molar-refractivity contribution in [2.24, 2.45) is 0 Å². The van der Waals surface area contributed by atoms with Crippen LogP contribution in [0.15, 0.2) is 12.1 Å². The molecule has 0 radical (unpaired) electrons. The predicted molar refractivity (Wildman–Crippen MR) is 48.8 cm³/mol. The fourth-order valence-corrected chi connectivity index (χ4v) is 1.20. The van der Waals surface area contributed by atoms with Gasteiger partial charge in [-0.05, 0) is 18.1 Å². The molecule has 0 spiro atoms. The number of ether oxygens (including phenoxy) is 1. The van der Waals surface area contributed by atoms with Crippen LogP contribution in [0.1, 0.15) is 18.1 Å². The van der Waals surface area contributed by atoms with E-state index in [1.165, 1.54) is 7.11 Å². The molecule has 13 heavy (non-hydrogen) atoms. The fraction of sp³-hybridized carbons (Fsp3) is 0.300. The van der Waals surface area contributed by atoms with Crippen molar-refractivity contribution in [3.8, 4) is 17.6 Å². The summed E-state index contributed by atoms with van der Waals surface area (Å²) in [6, 6.07) is 5.41. The van der Waals surface area contributed by atoms with E-state index in [9.17, 15) is 5.11 Å². The molecule has 0 saturated carbocycles. The van der Waals surface area contributed by atoms with E-state index in [1.54, 1.807) is 12.1 Å². The van der Waals surface area contributed by atoms with Crippen molar-refractivity contribution in [3.05, 3.63) is 23.3 Å². The number of benzene rings is 1. The fourth-order valence-electron chi connectivity index (χ4n) is 1.20. The van der Waals surface area contributed by atoms with Crippen LogP contribution < -0.4 is 4.74 Å². The first-order chi connectivity index (χ1) is 6.24. The van der Waals surface area contributed by atoms with Gasteiger partial charge < -0.3 is 9.84 Å². The van der Waals surface area contributed by atoms with Crippen LogP contribution in [-0.4, -0.2) is 12.2 Å². The third-order valence-corrected chi connectivity index (χ3v) is 1.94. The Morgan fingerprint density at radius 3 is 2.69 bits per heavy atom. The molecular formula is C10H11NO2. The smallest absolute Gasteiger partial charge is 0.176 e. The molecule has 1 aromatic carbocycles. The van der Waals surface area contributed by atoms with Crippen LogP contribution in [0.3, 0.4) is 0 Å². The highest BCUT2D eigenvalue weighted by Crippen LogP contribution is 2.31. The first kappa shape index (κ1) is 9.40. The molecule has 0 atom stereocenters. The second-order valence-corrected chi connectivity index (χ2v) is 2.62. The van der Waals surface area contributed by atoms with Crippen molar-refractivity contribution in [1.29, 1.82) is 5.26 Å². The molecule has 0 aliphatic carbocycles. The number of hydrogen-bond acceptors (Lipinski definition) is 3. The molecule has 0 aliphatic rings. The average molecular weight is 177 g/mol. The van der Waals surface area contributed by atoms with Crippen molar-refractivity contribution < 1.29 is 9.84 Å². The zero-order valence-electron chi connectivity index (χ0n) is 7.66. The molecule has 1 N–H and O–H groups in total. The van der Waals surface area contributed by atoms with E-state index in [0.29, 0.717) is 11.3 Å². The van der Waals surface area contributed by atoms with E-state index in [0.717, 1.165) is 12.0 Å². The molecule has 0 amide bonds. The molecule has 0 heterocycles. The van der Waals surface area contributed by atoms with Crippen LogP contribution in [0.2, 0.25) is 0 Å². The zero-order chi connectivity index (χ0) is 9.84. The Bertz CT molecular complexity index is 353. The van der Waals surface area contributed by atoms with Gasteiger partial charge in [-0.25, -0.2) is 0 Å². The average Bonchev–Trinajstić information content (AvgIpc) is 2.17. The molecule has 68 valence electrons. The molecule has 0 fully saturated rings. The Morgan fingerprint density at radius 1 is 1.54 bits per heavy atom. The molecule has 3 nitrogen and oxygen atoms in total. The number of nitriles is 1. The summed E-state index contributed by atoms with van der Waals surface area (Å²) < 4.78 is 4.89. The van der Waals surface area contributed by atoms with Crippen molar-refractivity contribution in [1.82, 2.24) is 0 Å². The molecular weight excluding hydrogens is 166 g/mol. The Hall–Kier alpha value is -1.69. The van der Waals surface area contributed by atoms with E-state index >= 15 is 0 Å². The number of aromatic hydroxyl groups is 1. The maximum absolute atomic E-state index is 9.55. The first-order valence-corrected chi connectivity index (χ1v) is 4.03. The molecule has 0 saturated heterocycles. The van der Waals surface area contributed by atoms with Gasteiger partial charge in [-0.15, -0.1) is 0 Å². The summed E-state index contributed by atoms with van der Waals surface area (Å²) in [5.74, 6) is 0.276. The monoisotopic (exact) mass is 177 g/mol. The Kier molecular flexibility index (Phi) is 2.76. The normalized spacial score (nSPS) is 9.31. The number of aryl methyl sites for hydroxylation is 1. The van der Waals surface area contributed by atoms with Gasteiger partial charge in [-0.2, -0.15) is 5.26 Å². The summed E-state index contributed by atoms with van der Waals surface area (Å²) in [6.07, 6.45) is 0.723. The van der Waals surface area contributed by atoms with Crippen molar-refractivity contribution >= 4 is 0 Å². The van der Waals surface area contributed by atoms with E-state index in [4.69, 9.17) is 10.00 Å². The second kappa shape index (κ2) is 3.81. The molecule has 1 aromatic rings. The van der Waals surface area contributed by atoms with Crippen molar-refractivity contribution in [2.75, 3.05) is 7.11 Å². The standard InChI is InChI=1S/C10H11NO2/c1-3-7-4-5-9(13-2)10(12)8(7)6-11/h4-5,12H,3H2,1-2H3. The van der Waals surface area contributed by atoms with Gasteiger partial charge in [0.25, 0.3) is 0 Å². The van der Waals surface area contributed by atoms with Gasteiger partial charge in [0.05, 0.1) is 7.11 Å². The van der Waals surface area contributed by atoms with Gasteiger partial charge in [-0.3, -0.25) is 0 Å². The molecule has 1 rings (SSSR count). The van der Waals surface area contributed by atoms with Crippen LogP contribution in [-0.2, 0) is 6.42 Å². The highest BCUT2D eigenvalue weighted by molar-refractivity contribution is 5.55. The summed E-state index contributed by atoms with van der Waals surface area (Å²) in [7, 11) is 1.46. The molecule has 3 heteroatoms. The minimum Gasteiger partial charge on any atom is -0.503 e. The molecule has 0 unspecified atom stereocenters. The number of phenolic OH excluding ortho intramolecular Hbond substituents is 1. The second-order valence-electron chi connectivity index (χ2n) is 2.62. The Morgan fingerprint density at radius 2 is 2.23 bits per heavy atom. The summed E-state index contributed by atoms with van der Waals surface area (Å²) in [5.41, 5.74) is 1.14. The van der Waals surface area contributed by atoms with Gasteiger partial charge in [0, 0.05) is 0 Å². The molecule has 0 aromatic heterocycles. The summed E-state index contributed by atoms with van der Waals surface area (Å²) >= 11 is 0. The summed E-state index contributed by atoms with van der Waals surface area (Å²) in [6.45, 7) is 1.93. The molecule has 0 bridgehead atoms. The topological polar surface area (TPSA) is 53.2 Å². The lowest BCUT2D eigenvalue weighted by atomic mass is 10.0. The summed E-state index contributed by atoms with van der Waals surface area (Å²) in [4.78, 5) is 0. The van der Waals surface area contributed by atoms with Gasteiger partial charge in [0.1, 0.15) is 11.6 Å². The highest BCUT2D eigenvalue weighted by atomic mass is 16.5.